The highest BCUT2D eigenvalue weighted by Gasteiger charge is 2.34. The molecule has 0 aromatic heterocycles. The molecule has 6 nitrogen and oxygen atoms in total. The number of hydrogen-bond acceptors (Lipinski definition) is 4. The second-order valence-corrected chi connectivity index (χ2v) is 8.37. The largest absolute Gasteiger partial charge is 0.418 e. The third-order valence-corrected chi connectivity index (χ3v) is 4.85. The second kappa shape index (κ2) is 9.38. The van der Waals surface area contributed by atoms with Gasteiger partial charge in [0.1, 0.15) is 5.75 Å². The Morgan fingerprint density at radius 3 is 2.43 bits per heavy atom. The van der Waals surface area contributed by atoms with Gasteiger partial charge in [-0.25, -0.2) is 4.79 Å². The minimum absolute atomic E-state index is 0.0516. The van der Waals surface area contributed by atoms with E-state index in [1.54, 1.807) is 19.1 Å². The summed E-state index contributed by atoms with van der Waals surface area (Å²) in [4.78, 5) is 14.2. The molecule has 164 valence electrons. The van der Waals surface area contributed by atoms with Gasteiger partial charge in [-0.15, -0.1) is 0 Å². The summed E-state index contributed by atoms with van der Waals surface area (Å²) in [6, 6.07) is 9.92. The molecule has 30 heavy (non-hydrogen) atoms. The summed E-state index contributed by atoms with van der Waals surface area (Å²) in [5.41, 5.74) is -0.709. The van der Waals surface area contributed by atoms with Crippen LogP contribution in [-0.2, 0) is 22.8 Å². The van der Waals surface area contributed by atoms with Crippen LogP contribution in [0, 0.1) is 0 Å². The van der Waals surface area contributed by atoms with E-state index < -0.39 is 27.9 Å². The van der Waals surface area contributed by atoms with Crippen LogP contribution in [0.15, 0.2) is 48.5 Å². The molecule has 0 bridgehead atoms. The Morgan fingerprint density at radius 2 is 1.83 bits per heavy atom. The monoisotopic (exact) mass is 444 g/mol. The molecule has 0 spiro atoms. The number of carbonyl (C=O) groups is 1. The Balaban J connectivity index is 2.27. The van der Waals surface area contributed by atoms with Gasteiger partial charge in [0.25, 0.3) is 0 Å². The number of anilines is 1. The lowest BCUT2D eigenvalue weighted by molar-refractivity contribution is -0.136. The lowest BCUT2D eigenvalue weighted by Gasteiger charge is -2.29. The molecule has 2 aromatic carbocycles. The van der Waals surface area contributed by atoms with Gasteiger partial charge in [-0.2, -0.15) is 21.6 Å². The summed E-state index contributed by atoms with van der Waals surface area (Å²) in [6.07, 6.45) is -3.13. The lowest BCUT2D eigenvalue weighted by Crippen LogP contribution is -2.41. The number of amides is 2. The van der Waals surface area contributed by atoms with E-state index in [4.69, 9.17) is 4.18 Å². The molecule has 2 aromatic rings. The van der Waals surface area contributed by atoms with Crippen LogP contribution in [0.4, 0.5) is 23.7 Å². The molecule has 0 aliphatic heterocycles. The topological polar surface area (TPSA) is 75.7 Å². The van der Waals surface area contributed by atoms with Crippen LogP contribution in [0.2, 0.25) is 0 Å². The zero-order valence-corrected chi connectivity index (χ0v) is 17.5. The molecule has 2 amide bonds. The first kappa shape index (κ1) is 23.5. The minimum atomic E-state index is -4.61. The van der Waals surface area contributed by atoms with Crippen LogP contribution in [0.5, 0.6) is 5.75 Å². The first-order chi connectivity index (χ1) is 13.9. The van der Waals surface area contributed by atoms with Gasteiger partial charge in [-0.1, -0.05) is 31.2 Å². The molecule has 0 fully saturated rings. The number of rotatable bonds is 7. The van der Waals surface area contributed by atoms with Gasteiger partial charge >= 0.3 is 22.3 Å². The maximum atomic E-state index is 13.2. The fourth-order valence-corrected chi connectivity index (χ4v) is 3.19. The number of carbonyl (C=O) groups excluding carboxylic acids is 1. The van der Waals surface area contributed by atoms with Crippen LogP contribution >= 0.6 is 0 Å². The van der Waals surface area contributed by atoms with Crippen molar-refractivity contribution in [2.24, 2.45) is 0 Å². The van der Waals surface area contributed by atoms with E-state index in [9.17, 15) is 26.4 Å². The average molecular weight is 444 g/mol. The summed E-state index contributed by atoms with van der Waals surface area (Å²) in [5, 5.41) is 2.35. The fourth-order valence-electron chi connectivity index (χ4n) is 2.74. The van der Waals surface area contributed by atoms with Gasteiger partial charge in [-0.3, -0.25) is 0 Å². The number of para-hydroxylation sites is 1. The molecule has 0 saturated heterocycles. The van der Waals surface area contributed by atoms with E-state index in [0.29, 0.717) is 12.0 Å². The first-order valence-electron chi connectivity index (χ1n) is 9.13. The normalized spacial score (nSPS) is 12.9. The third kappa shape index (κ3) is 6.65. The highest BCUT2D eigenvalue weighted by atomic mass is 32.2. The zero-order valence-electron chi connectivity index (χ0n) is 16.7. The molecule has 2 rings (SSSR count). The van der Waals surface area contributed by atoms with Gasteiger partial charge in [0.2, 0.25) is 0 Å². The van der Waals surface area contributed by atoms with Crippen LogP contribution in [0.1, 0.15) is 31.4 Å². The molecule has 0 aliphatic carbocycles. The van der Waals surface area contributed by atoms with Gasteiger partial charge in [0.15, 0.2) is 0 Å². The zero-order chi connectivity index (χ0) is 22.5. The molecule has 0 saturated carbocycles. The van der Waals surface area contributed by atoms with E-state index in [1.165, 1.54) is 35.2 Å². The average Bonchev–Trinajstić information content (AvgIpc) is 2.64. The van der Waals surface area contributed by atoms with Crippen molar-refractivity contribution in [1.29, 1.82) is 0 Å². The molecule has 0 heterocycles. The third-order valence-electron chi connectivity index (χ3n) is 4.36. The van der Waals surface area contributed by atoms with Gasteiger partial charge in [0, 0.05) is 12.6 Å². The molecule has 10 heteroatoms. The van der Waals surface area contributed by atoms with Crippen molar-refractivity contribution in [3.8, 4) is 5.75 Å². The predicted octanol–water partition coefficient (Wildman–Crippen LogP) is 4.88. The van der Waals surface area contributed by atoms with E-state index in [1.807, 2.05) is 6.92 Å². The van der Waals surface area contributed by atoms with Crippen LogP contribution in [0.3, 0.4) is 0 Å². The lowest BCUT2D eigenvalue weighted by atomic mass is 10.1. The van der Waals surface area contributed by atoms with Crippen molar-refractivity contribution in [2.45, 2.75) is 39.0 Å². The number of alkyl halides is 3. The van der Waals surface area contributed by atoms with Gasteiger partial charge in [0.05, 0.1) is 17.5 Å². The van der Waals surface area contributed by atoms with Crippen molar-refractivity contribution in [1.82, 2.24) is 4.90 Å². The minimum Gasteiger partial charge on any atom is -0.383 e. The quantitative estimate of drug-likeness (QED) is 0.618. The van der Waals surface area contributed by atoms with Crippen LogP contribution in [0.25, 0.3) is 0 Å². The maximum Gasteiger partial charge on any atom is 0.418 e. The number of nitrogens with one attached hydrogen (secondary N) is 1. The number of nitrogens with zero attached hydrogens (tertiary/aromatic N) is 1. The first-order valence-corrected chi connectivity index (χ1v) is 10.9. The highest BCUT2D eigenvalue weighted by molar-refractivity contribution is 7.86. The number of urea groups is 1. The van der Waals surface area contributed by atoms with E-state index >= 15 is 0 Å². The maximum absolute atomic E-state index is 13.2. The van der Waals surface area contributed by atoms with Crippen molar-refractivity contribution >= 4 is 21.8 Å². The van der Waals surface area contributed by atoms with E-state index in [0.717, 1.165) is 12.3 Å². The second-order valence-electron chi connectivity index (χ2n) is 6.79. The number of hydrogen-bond donors (Lipinski definition) is 1. The summed E-state index contributed by atoms with van der Waals surface area (Å²) in [6.45, 7) is 3.67. The van der Waals surface area contributed by atoms with Gasteiger partial charge in [-0.05, 0) is 43.2 Å². The van der Waals surface area contributed by atoms with Crippen molar-refractivity contribution < 1.29 is 30.6 Å². The fraction of sp³-hybridized carbons (Fsp3) is 0.350. The van der Waals surface area contributed by atoms with Gasteiger partial charge < -0.3 is 14.4 Å². The molecule has 1 N–H and O–H groups in total. The van der Waals surface area contributed by atoms with Crippen molar-refractivity contribution in [2.75, 3.05) is 11.6 Å². The Labute approximate surface area is 173 Å². The number of halogens is 3. The molecule has 1 unspecified atom stereocenters. The van der Waals surface area contributed by atoms with Crippen molar-refractivity contribution in [3.05, 3.63) is 59.7 Å². The highest BCUT2D eigenvalue weighted by Crippen LogP contribution is 2.34. The Hall–Kier alpha value is -2.75. The van der Waals surface area contributed by atoms with Crippen LogP contribution in [-0.4, -0.2) is 31.6 Å². The standard InChI is InChI=1S/C20H23F3N2O4S/c1-4-14(2)25(13-15-8-7-9-16(12-15)29-30(3,27)28)19(26)24-18-11-6-5-10-17(18)20(21,22)23/h5-12,14H,4,13H2,1-3H3,(H,24,26). The van der Waals surface area contributed by atoms with Crippen molar-refractivity contribution in [3.63, 3.8) is 0 Å². The predicted molar refractivity (Wildman–Crippen MR) is 108 cm³/mol. The SMILES string of the molecule is CCC(C)N(Cc1cccc(OS(C)(=O)=O)c1)C(=O)Nc1ccccc1C(F)(F)F. The Kier molecular flexibility index (Phi) is 7.35. The van der Waals surface area contributed by atoms with Crippen LogP contribution < -0.4 is 9.50 Å². The molecular formula is C20H23F3N2O4S. The number of benzene rings is 2. The van der Waals surface area contributed by atoms with E-state index in [2.05, 4.69) is 5.32 Å². The molecular weight excluding hydrogens is 421 g/mol. The molecule has 0 radical (unpaired) electrons. The Bertz CT molecular complexity index is 994. The van der Waals surface area contributed by atoms with E-state index in [-0.39, 0.29) is 24.0 Å². The summed E-state index contributed by atoms with van der Waals surface area (Å²) in [7, 11) is -3.72. The molecule has 0 aliphatic rings. The summed E-state index contributed by atoms with van der Waals surface area (Å²) in [5.74, 6) is 0.0851. The Morgan fingerprint density at radius 1 is 1.17 bits per heavy atom. The summed E-state index contributed by atoms with van der Waals surface area (Å²) < 4.78 is 67.2. The molecule has 1 atom stereocenters. The summed E-state index contributed by atoms with van der Waals surface area (Å²) >= 11 is 0. The smallest absolute Gasteiger partial charge is 0.383 e.